The molecule has 0 radical (unpaired) electrons. The van der Waals surface area contributed by atoms with E-state index < -0.39 is 7.25 Å². The van der Waals surface area contributed by atoms with Crippen LogP contribution in [0.25, 0.3) is 10.9 Å². The Labute approximate surface area is 113 Å². The number of aryl methyl sites for hydroxylation is 1. The van der Waals surface area contributed by atoms with Crippen LogP contribution >= 0.6 is 0 Å². The van der Waals surface area contributed by atoms with Crippen LogP contribution in [-0.2, 0) is 9.31 Å². The van der Waals surface area contributed by atoms with Gasteiger partial charge >= 0.3 is 7.25 Å². The van der Waals surface area contributed by atoms with Gasteiger partial charge in [0.05, 0.1) is 22.9 Å². The highest BCUT2D eigenvalue weighted by molar-refractivity contribution is 6.44. The first kappa shape index (κ1) is 12.7. The van der Waals surface area contributed by atoms with Crippen molar-refractivity contribution < 1.29 is 9.31 Å². The number of benzene rings is 1. The van der Waals surface area contributed by atoms with Gasteiger partial charge in [0.2, 0.25) is 0 Å². The molecule has 0 aliphatic carbocycles. The van der Waals surface area contributed by atoms with Crippen LogP contribution in [0.3, 0.4) is 0 Å². The van der Waals surface area contributed by atoms with E-state index in [4.69, 9.17) is 9.31 Å². The van der Waals surface area contributed by atoms with E-state index in [1.54, 1.807) is 0 Å². The first-order valence-electron chi connectivity index (χ1n) is 6.60. The second-order valence-corrected chi connectivity index (χ2v) is 6.21. The van der Waals surface area contributed by atoms with Crippen LogP contribution in [0.15, 0.2) is 24.4 Å². The first-order chi connectivity index (χ1) is 8.80. The molecule has 0 atom stereocenters. The molecule has 1 aromatic carbocycles. The summed E-state index contributed by atoms with van der Waals surface area (Å²) in [6, 6.07) is 6.25. The molecule has 0 unspecified atom stereocenters. The Morgan fingerprint density at radius 3 is 2.37 bits per heavy atom. The lowest BCUT2D eigenvalue weighted by Gasteiger charge is -2.32. The molecule has 1 fully saturated rings. The van der Waals surface area contributed by atoms with Crippen molar-refractivity contribution in [1.29, 1.82) is 0 Å². The van der Waals surface area contributed by atoms with Crippen molar-refractivity contribution in [1.82, 2.24) is 9.69 Å². The van der Waals surface area contributed by atoms with Crippen LogP contribution in [0, 0.1) is 6.92 Å². The summed E-state index contributed by atoms with van der Waals surface area (Å²) in [5.74, 6) is 0. The number of hydrogen-bond acceptors (Lipinski definition) is 3. The van der Waals surface area contributed by atoms with E-state index in [1.807, 2.05) is 38.5 Å². The summed E-state index contributed by atoms with van der Waals surface area (Å²) in [5.41, 5.74) is 1.56. The minimum Gasteiger partial charge on any atom is -0.383 e. The molecule has 100 valence electrons. The van der Waals surface area contributed by atoms with Gasteiger partial charge in [0.15, 0.2) is 0 Å². The van der Waals surface area contributed by atoms with E-state index in [9.17, 15) is 0 Å². The summed E-state index contributed by atoms with van der Waals surface area (Å²) < 4.78 is 13.9. The maximum atomic E-state index is 6.03. The third-order valence-corrected chi connectivity index (χ3v) is 4.19. The fraction of sp³-hybridized carbons (Fsp3) is 0.500. The number of hydrogen-bond donors (Lipinski definition) is 0. The highest BCUT2D eigenvalue weighted by atomic mass is 16.7. The SMILES string of the molecule is Cc1ccc2c(cnn2B2OC(C)(C)C(C)(C)O2)c1. The molecule has 1 aliphatic heterocycles. The van der Waals surface area contributed by atoms with E-state index >= 15 is 0 Å². The van der Waals surface area contributed by atoms with Gasteiger partial charge in [0.1, 0.15) is 0 Å². The van der Waals surface area contributed by atoms with Crippen molar-refractivity contribution in [2.75, 3.05) is 0 Å². The summed E-state index contributed by atoms with van der Waals surface area (Å²) in [6.07, 6.45) is 1.85. The van der Waals surface area contributed by atoms with Gasteiger partial charge in [-0.15, -0.1) is 0 Å². The van der Waals surface area contributed by atoms with Crippen molar-refractivity contribution in [3.05, 3.63) is 30.0 Å². The largest absolute Gasteiger partial charge is 0.616 e. The number of fused-ring (bicyclic) bond motifs is 1. The average Bonchev–Trinajstić information content (AvgIpc) is 2.77. The third-order valence-electron chi connectivity index (χ3n) is 4.19. The summed E-state index contributed by atoms with van der Waals surface area (Å²) in [6.45, 7) is 10.3. The molecule has 0 N–H and O–H groups in total. The van der Waals surface area contributed by atoms with Gasteiger partial charge in [-0.25, -0.2) is 0 Å². The van der Waals surface area contributed by atoms with Crippen LogP contribution in [-0.4, -0.2) is 28.1 Å². The van der Waals surface area contributed by atoms with Crippen LogP contribution in [0.2, 0.25) is 0 Å². The second kappa shape index (κ2) is 3.84. The maximum Gasteiger partial charge on any atom is 0.616 e. The average molecular weight is 258 g/mol. The zero-order valence-corrected chi connectivity index (χ0v) is 12.1. The van der Waals surface area contributed by atoms with Crippen LogP contribution < -0.4 is 0 Å². The predicted molar refractivity (Wildman–Crippen MR) is 76.0 cm³/mol. The predicted octanol–water partition coefficient (Wildman–Crippen LogP) is 2.78. The summed E-state index contributed by atoms with van der Waals surface area (Å²) >= 11 is 0. The van der Waals surface area contributed by atoms with Gasteiger partial charge in [-0.2, -0.15) is 5.10 Å². The molecule has 0 spiro atoms. The van der Waals surface area contributed by atoms with Crippen molar-refractivity contribution in [2.24, 2.45) is 0 Å². The molecule has 1 aliphatic rings. The van der Waals surface area contributed by atoms with Gasteiger partial charge in [-0.3, -0.25) is 4.59 Å². The minimum atomic E-state index is -0.467. The van der Waals surface area contributed by atoms with Gasteiger partial charge < -0.3 is 9.31 Å². The molecule has 3 rings (SSSR count). The van der Waals surface area contributed by atoms with Crippen molar-refractivity contribution in [3.63, 3.8) is 0 Å². The van der Waals surface area contributed by atoms with Crippen molar-refractivity contribution in [3.8, 4) is 0 Å². The fourth-order valence-corrected chi connectivity index (χ4v) is 2.25. The van der Waals surface area contributed by atoms with Gasteiger partial charge in [0, 0.05) is 5.39 Å². The molecule has 2 heterocycles. The Kier molecular flexibility index (Phi) is 2.56. The summed E-state index contributed by atoms with van der Waals surface area (Å²) in [4.78, 5) is 0. The highest BCUT2D eigenvalue weighted by Crippen LogP contribution is 2.37. The summed E-state index contributed by atoms with van der Waals surface area (Å²) in [5, 5.41) is 5.52. The number of aromatic nitrogens is 2. The quantitative estimate of drug-likeness (QED) is 0.738. The van der Waals surface area contributed by atoms with E-state index in [-0.39, 0.29) is 11.2 Å². The monoisotopic (exact) mass is 258 g/mol. The van der Waals surface area contributed by atoms with E-state index in [0.717, 1.165) is 10.9 Å². The molecule has 4 nitrogen and oxygen atoms in total. The normalized spacial score (nSPS) is 21.2. The number of rotatable bonds is 1. The molecular weight excluding hydrogens is 239 g/mol. The van der Waals surface area contributed by atoms with Crippen LogP contribution in [0.1, 0.15) is 33.3 Å². The van der Waals surface area contributed by atoms with Gasteiger partial charge in [0.25, 0.3) is 0 Å². The highest BCUT2D eigenvalue weighted by Gasteiger charge is 2.53. The fourth-order valence-electron chi connectivity index (χ4n) is 2.25. The molecule has 19 heavy (non-hydrogen) atoms. The molecule has 1 aromatic heterocycles. The third kappa shape index (κ3) is 1.88. The molecule has 2 aromatic rings. The van der Waals surface area contributed by atoms with Crippen LogP contribution in [0.5, 0.6) is 0 Å². The Morgan fingerprint density at radius 1 is 1.11 bits per heavy atom. The van der Waals surface area contributed by atoms with Gasteiger partial charge in [-0.1, -0.05) is 11.6 Å². The lowest BCUT2D eigenvalue weighted by Crippen LogP contribution is -2.41. The van der Waals surface area contributed by atoms with E-state index in [1.165, 1.54) is 5.56 Å². The molecule has 0 saturated carbocycles. The van der Waals surface area contributed by atoms with Gasteiger partial charge in [-0.05, 0) is 46.8 Å². The lowest BCUT2D eigenvalue weighted by molar-refractivity contribution is 0.00578. The molecule has 0 bridgehead atoms. The minimum absolute atomic E-state index is 0.347. The Hall–Kier alpha value is -1.33. The Balaban J connectivity index is 2.03. The zero-order chi connectivity index (χ0) is 13.8. The molecule has 5 heteroatoms. The lowest BCUT2D eigenvalue weighted by atomic mass is 9.90. The first-order valence-corrected chi connectivity index (χ1v) is 6.60. The standard InChI is InChI=1S/C14H19BN2O2/c1-10-6-7-12-11(8-10)9-16-17(12)15-18-13(2,3)14(4,5)19-15/h6-9H,1-5H3. The molecule has 1 saturated heterocycles. The Bertz CT molecular complexity index is 617. The zero-order valence-electron chi connectivity index (χ0n) is 12.1. The van der Waals surface area contributed by atoms with Crippen molar-refractivity contribution >= 4 is 18.2 Å². The molecule has 0 amide bonds. The van der Waals surface area contributed by atoms with E-state index in [2.05, 4.69) is 30.2 Å². The molecular formula is C14H19BN2O2. The summed E-state index contributed by atoms with van der Waals surface area (Å²) in [7, 11) is -0.467. The topological polar surface area (TPSA) is 36.3 Å². The second-order valence-electron chi connectivity index (χ2n) is 6.21. The maximum absolute atomic E-state index is 6.03. The van der Waals surface area contributed by atoms with Crippen molar-refractivity contribution in [2.45, 2.75) is 45.8 Å². The van der Waals surface area contributed by atoms with E-state index in [0.29, 0.717) is 0 Å². The smallest absolute Gasteiger partial charge is 0.383 e. The number of nitrogens with zero attached hydrogens (tertiary/aromatic N) is 2. The Morgan fingerprint density at radius 2 is 1.74 bits per heavy atom. The van der Waals surface area contributed by atoms with Crippen LogP contribution in [0.4, 0.5) is 0 Å².